The molecule has 0 saturated carbocycles. The van der Waals surface area contributed by atoms with Crippen LogP contribution < -0.4 is 10.2 Å². The van der Waals surface area contributed by atoms with Crippen LogP contribution >= 0.6 is 45.8 Å². The fourth-order valence-electron chi connectivity index (χ4n) is 2.52. The number of amides is 1. The van der Waals surface area contributed by atoms with E-state index in [-0.39, 0.29) is 21.2 Å². The van der Waals surface area contributed by atoms with Gasteiger partial charge in [-0.1, -0.05) is 35.3 Å². The summed E-state index contributed by atoms with van der Waals surface area (Å²) in [4.78, 5) is 12.1. The van der Waals surface area contributed by atoms with Crippen molar-refractivity contribution in [3.05, 3.63) is 96.3 Å². The van der Waals surface area contributed by atoms with Crippen LogP contribution in [0, 0.1) is 20.7 Å². The van der Waals surface area contributed by atoms with Gasteiger partial charge in [0.1, 0.15) is 12.4 Å². The fourth-order valence-corrected chi connectivity index (χ4v) is 3.50. The first kappa shape index (κ1) is 23.0. The number of rotatable bonds is 6. The summed E-state index contributed by atoms with van der Waals surface area (Å²) >= 11 is 14.8. The van der Waals surface area contributed by atoms with Crippen molar-refractivity contribution in [2.45, 2.75) is 6.61 Å². The number of halogens is 4. The van der Waals surface area contributed by atoms with Crippen LogP contribution in [0.5, 0.6) is 5.75 Å². The summed E-state index contributed by atoms with van der Waals surface area (Å²) in [5.74, 6) is -1.23. The molecule has 0 fully saturated rings. The maximum Gasteiger partial charge on any atom is 0.274 e. The monoisotopic (exact) mass is 567 g/mol. The molecule has 0 aliphatic heterocycles. The second-order valence-electron chi connectivity index (χ2n) is 6.23. The average molecular weight is 568 g/mol. The molecule has 1 N–H and O–H groups in total. The van der Waals surface area contributed by atoms with E-state index < -0.39 is 11.7 Å². The van der Waals surface area contributed by atoms with E-state index in [9.17, 15) is 9.18 Å². The van der Waals surface area contributed by atoms with Gasteiger partial charge in [-0.15, -0.1) is 0 Å². The average Bonchev–Trinajstić information content (AvgIpc) is 2.74. The van der Waals surface area contributed by atoms with Gasteiger partial charge in [-0.05, 0) is 76.2 Å². The van der Waals surface area contributed by atoms with Crippen LogP contribution in [0.3, 0.4) is 0 Å². The normalized spacial score (nSPS) is 10.7. The van der Waals surface area contributed by atoms with E-state index in [1.807, 2.05) is 24.3 Å². The summed E-state index contributed by atoms with van der Waals surface area (Å²) in [7, 11) is 0. The highest BCUT2D eigenvalue weighted by molar-refractivity contribution is 14.1. The van der Waals surface area contributed by atoms with Gasteiger partial charge in [-0.3, -0.25) is 4.79 Å². The smallest absolute Gasteiger partial charge is 0.274 e. The Morgan fingerprint density at radius 1 is 1.16 bits per heavy atom. The van der Waals surface area contributed by atoms with Crippen LogP contribution in [0.25, 0.3) is 0 Å². The van der Waals surface area contributed by atoms with Crippen molar-refractivity contribution in [2.75, 3.05) is 0 Å². The fraction of sp³-hybridized carbons (Fsp3) is 0.0455. The summed E-state index contributed by atoms with van der Waals surface area (Å²) in [5, 5.41) is 13.1. The summed E-state index contributed by atoms with van der Waals surface area (Å²) in [6, 6.07) is 16.3. The zero-order valence-electron chi connectivity index (χ0n) is 15.7. The van der Waals surface area contributed by atoms with Crippen molar-refractivity contribution in [3.8, 4) is 11.8 Å². The first-order valence-electron chi connectivity index (χ1n) is 8.76. The predicted molar refractivity (Wildman–Crippen MR) is 126 cm³/mol. The lowest BCUT2D eigenvalue weighted by Gasteiger charge is -2.11. The molecule has 156 valence electrons. The molecule has 0 bridgehead atoms. The highest BCUT2D eigenvalue weighted by Gasteiger charge is 2.12. The molecule has 0 heterocycles. The Labute approximate surface area is 201 Å². The molecule has 3 rings (SSSR count). The van der Waals surface area contributed by atoms with E-state index >= 15 is 0 Å². The minimum atomic E-state index is -0.813. The summed E-state index contributed by atoms with van der Waals surface area (Å²) in [5.41, 5.74) is 3.59. The van der Waals surface area contributed by atoms with Crippen LogP contribution in [-0.2, 0) is 6.61 Å². The molecule has 31 heavy (non-hydrogen) atoms. The van der Waals surface area contributed by atoms with Crippen LogP contribution in [0.2, 0.25) is 10.0 Å². The van der Waals surface area contributed by atoms with Gasteiger partial charge in [-0.2, -0.15) is 10.4 Å². The van der Waals surface area contributed by atoms with Gasteiger partial charge in [0.05, 0.1) is 33.5 Å². The number of hydrazone groups is 1. The molecule has 9 heteroatoms. The van der Waals surface area contributed by atoms with Crippen LogP contribution in [0.15, 0.2) is 59.7 Å². The van der Waals surface area contributed by atoms with Gasteiger partial charge in [0.25, 0.3) is 5.91 Å². The molecular weight excluding hydrogens is 555 g/mol. The Kier molecular flexibility index (Phi) is 7.85. The Hall–Kier alpha value is -2.67. The standard InChI is InChI=1S/C22H13Cl2FIN3O2/c23-18-7-15(8-19(24)21(18)31-12-13-1-4-16(26)5-2-13)11-28-29-22(30)17-6-3-14(10-27)9-20(17)25/h1-9,11H,12H2,(H,29,30)/b28-11-. The lowest BCUT2D eigenvalue weighted by molar-refractivity contribution is 0.0951. The number of ether oxygens (including phenoxy) is 1. The van der Waals surface area contributed by atoms with E-state index in [0.717, 1.165) is 15.2 Å². The van der Waals surface area contributed by atoms with E-state index in [1.165, 1.54) is 18.3 Å². The van der Waals surface area contributed by atoms with Crippen LogP contribution in [-0.4, -0.2) is 12.1 Å². The van der Waals surface area contributed by atoms with Crippen LogP contribution in [0.1, 0.15) is 27.0 Å². The molecule has 0 aliphatic rings. The van der Waals surface area contributed by atoms with E-state index in [4.69, 9.17) is 33.2 Å². The van der Waals surface area contributed by atoms with Gasteiger partial charge < -0.3 is 4.74 Å². The highest BCUT2D eigenvalue weighted by Crippen LogP contribution is 2.34. The van der Waals surface area contributed by atoms with E-state index in [0.29, 0.717) is 17.9 Å². The zero-order chi connectivity index (χ0) is 22.4. The Morgan fingerprint density at radius 3 is 2.45 bits per heavy atom. The minimum Gasteiger partial charge on any atom is -0.486 e. The molecule has 1 amide bonds. The molecule has 0 aromatic heterocycles. The molecule has 0 aliphatic carbocycles. The molecule has 5 nitrogen and oxygen atoms in total. The molecule has 0 atom stereocenters. The first-order chi connectivity index (χ1) is 14.9. The second kappa shape index (κ2) is 10.6. The van der Waals surface area contributed by atoms with E-state index in [1.54, 1.807) is 18.2 Å². The molecule has 0 unspecified atom stereocenters. The molecular formula is C22H13Cl2FIN3O2. The molecule has 0 radical (unpaired) electrons. The predicted octanol–water partition coefficient (Wildman–Crippen LogP) is 5.95. The maximum atomic E-state index is 13.9. The van der Waals surface area contributed by atoms with E-state index in [2.05, 4.69) is 33.1 Å². The Bertz CT molecular complexity index is 1170. The molecule has 3 aromatic rings. The summed E-state index contributed by atoms with van der Waals surface area (Å²) in [6.45, 7) is 0.302. The van der Waals surface area contributed by atoms with Gasteiger partial charge >= 0.3 is 0 Å². The SMILES string of the molecule is N#Cc1ccc(C(=O)N/N=C\c2cc(Cl)c(OCc3ccc(I)cc3)c(Cl)c2)c(F)c1. The highest BCUT2D eigenvalue weighted by atomic mass is 127. The molecule has 0 spiro atoms. The third kappa shape index (κ3) is 6.17. The quantitative estimate of drug-likeness (QED) is 0.227. The van der Waals surface area contributed by atoms with Gasteiger partial charge in [0, 0.05) is 3.57 Å². The zero-order valence-corrected chi connectivity index (χ0v) is 19.4. The van der Waals surface area contributed by atoms with Crippen molar-refractivity contribution in [2.24, 2.45) is 5.10 Å². The number of nitriles is 1. The number of carbonyl (C=O) groups is 1. The lowest BCUT2D eigenvalue weighted by atomic mass is 10.1. The van der Waals surface area contributed by atoms with Crippen molar-refractivity contribution >= 4 is 57.9 Å². The number of nitrogens with one attached hydrogen (secondary N) is 1. The van der Waals surface area contributed by atoms with Crippen molar-refractivity contribution < 1.29 is 13.9 Å². The maximum absolute atomic E-state index is 13.9. The number of hydrogen-bond acceptors (Lipinski definition) is 4. The summed E-state index contributed by atoms with van der Waals surface area (Å²) < 4.78 is 20.7. The van der Waals surface area contributed by atoms with Gasteiger partial charge in [-0.25, -0.2) is 9.82 Å². The molecule has 3 aromatic carbocycles. The number of nitrogens with zero attached hydrogens (tertiary/aromatic N) is 2. The molecule has 0 saturated heterocycles. The first-order valence-corrected chi connectivity index (χ1v) is 10.6. The van der Waals surface area contributed by atoms with Crippen molar-refractivity contribution in [1.29, 1.82) is 5.26 Å². The van der Waals surface area contributed by atoms with Crippen molar-refractivity contribution in [3.63, 3.8) is 0 Å². The van der Waals surface area contributed by atoms with Crippen molar-refractivity contribution in [1.82, 2.24) is 5.43 Å². The number of hydrogen-bond donors (Lipinski definition) is 1. The van der Waals surface area contributed by atoms with Gasteiger partial charge in [0.15, 0.2) is 5.75 Å². The number of carbonyl (C=O) groups excluding carboxylic acids is 1. The second-order valence-corrected chi connectivity index (χ2v) is 8.29. The largest absolute Gasteiger partial charge is 0.486 e. The third-order valence-corrected chi connectivity index (χ3v) is 5.32. The Morgan fingerprint density at radius 2 is 1.84 bits per heavy atom. The topological polar surface area (TPSA) is 74.5 Å². The van der Waals surface area contributed by atoms with Gasteiger partial charge in [0.2, 0.25) is 0 Å². The third-order valence-electron chi connectivity index (χ3n) is 4.04. The Balaban J connectivity index is 1.65. The number of benzene rings is 3. The lowest BCUT2D eigenvalue weighted by Crippen LogP contribution is -2.19. The minimum absolute atomic E-state index is 0.117. The summed E-state index contributed by atoms with van der Waals surface area (Å²) in [6.07, 6.45) is 1.32. The van der Waals surface area contributed by atoms with Crippen LogP contribution in [0.4, 0.5) is 4.39 Å².